The monoisotopic (exact) mass is 696 g/mol. The van der Waals surface area contributed by atoms with Crippen LogP contribution in [0.3, 0.4) is 0 Å². The standard InChI is InChI=1S/C46H28N4SSi/c47-29-30-21-23-31(24-22-30)33-13-10-14-34(27-33)45-48-44(32-11-2-1-3-12-32)49-46(50-45)35-25-26-37-36-15-4-7-18-40(36)52(43(37)28-35)41-19-8-5-16-38(41)51-39-17-6-9-20-42(39)52/h1-28H. The molecule has 0 fully saturated rings. The Bertz CT molecular complexity index is 2690. The first-order valence-electron chi connectivity index (χ1n) is 17.2. The van der Waals surface area contributed by atoms with E-state index in [2.05, 4.69) is 115 Å². The topological polar surface area (TPSA) is 62.5 Å². The summed E-state index contributed by atoms with van der Waals surface area (Å²) >= 11 is 1.88. The highest BCUT2D eigenvalue weighted by molar-refractivity contribution is 8.00. The van der Waals surface area contributed by atoms with Gasteiger partial charge < -0.3 is 0 Å². The number of rotatable bonds is 4. The predicted molar refractivity (Wildman–Crippen MR) is 213 cm³/mol. The maximum atomic E-state index is 9.32. The van der Waals surface area contributed by atoms with Gasteiger partial charge in [-0.3, -0.25) is 0 Å². The van der Waals surface area contributed by atoms with Crippen LogP contribution in [0.25, 0.3) is 56.4 Å². The molecule has 0 amide bonds. The van der Waals surface area contributed by atoms with E-state index in [0.29, 0.717) is 23.0 Å². The molecule has 2 aliphatic rings. The maximum Gasteiger partial charge on any atom is 0.183 e. The number of aromatic nitrogens is 3. The van der Waals surface area contributed by atoms with E-state index < -0.39 is 8.07 Å². The second-order valence-corrected chi connectivity index (χ2v) is 17.8. The highest BCUT2D eigenvalue weighted by Gasteiger charge is 2.52. The number of fused-ring (bicyclic) bond motifs is 9. The average molecular weight is 697 g/mol. The lowest BCUT2D eigenvalue weighted by atomic mass is 10.0. The van der Waals surface area contributed by atoms with E-state index in [1.54, 1.807) is 0 Å². The Morgan fingerprint density at radius 2 is 0.923 bits per heavy atom. The van der Waals surface area contributed by atoms with E-state index >= 15 is 0 Å². The molecule has 242 valence electrons. The fourth-order valence-electron chi connectivity index (χ4n) is 7.92. The smallest absolute Gasteiger partial charge is 0.183 e. The van der Waals surface area contributed by atoms with Gasteiger partial charge in [0.05, 0.1) is 11.6 Å². The van der Waals surface area contributed by atoms with Crippen molar-refractivity contribution in [3.8, 4) is 62.5 Å². The van der Waals surface area contributed by atoms with Crippen LogP contribution < -0.4 is 20.7 Å². The van der Waals surface area contributed by atoms with E-state index in [1.807, 2.05) is 72.4 Å². The molecule has 0 bridgehead atoms. The summed E-state index contributed by atoms with van der Waals surface area (Å²) < 4.78 is 0. The van der Waals surface area contributed by atoms with Crippen LogP contribution in [0.4, 0.5) is 0 Å². The summed E-state index contributed by atoms with van der Waals surface area (Å²) in [6.45, 7) is 0. The molecule has 2 aliphatic heterocycles. The van der Waals surface area contributed by atoms with Gasteiger partial charge in [-0.05, 0) is 73.3 Å². The van der Waals surface area contributed by atoms with Gasteiger partial charge in [0.2, 0.25) is 0 Å². The first-order chi connectivity index (χ1) is 25.7. The highest BCUT2D eigenvalue weighted by atomic mass is 32.2. The van der Waals surface area contributed by atoms with Crippen LogP contribution >= 0.6 is 11.8 Å². The molecule has 1 aromatic heterocycles. The van der Waals surface area contributed by atoms with Crippen molar-refractivity contribution in [2.24, 2.45) is 0 Å². The zero-order valence-corrected chi connectivity index (χ0v) is 29.7. The van der Waals surface area contributed by atoms with Gasteiger partial charge in [-0.25, -0.2) is 15.0 Å². The van der Waals surface area contributed by atoms with E-state index in [1.165, 1.54) is 41.7 Å². The van der Waals surface area contributed by atoms with Gasteiger partial charge in [0.25, 0.3) is 0 Å². The molecule has 0 atom stereocenters. The van der Waals surface area contributed by atoms with Gasteiger partial charge in [0, 0.05) is 26.5 Å². The highest BCUT2D eigenvalue weighted by Crippen LogP contribution is 2.39. The SMILES string of the molecule is N#Cc1ccc(-c2cccc(-c3nc(-c4ccccc4)nc(-c4ccc5c(c4)[Si]4(c6ccccc6Sc6ccccc64)c4ccccc4-5)n3)c2)cc1. The van der Waals surface area contributed by atoms with E-state index in [-0.39, 0.29) is 0 Å². The fraction of sp³-hybridized carbons (Fsp3) is 0. The van der Waals surface area contributed by atoms with Crippen LogP contribution in [0.15, 0.2) is 180 Å². The van der Waals surface area contributed by atoms with Crippen LogP contribution in [0, 0.1) is 11.3 Å². The number of benzene rings is 7. The molecule has 10 rings (SSSR count). The van der Waals surface area contributed by atoms with Gasteiger partial charge >= 0.3 is 0 Å². The normalized spacial score (nSPS) is 13.1. The predicted octanol–water partition coefficient (Wildman–Crippen LogP) is 8.23. The Hall–Kier alpha value is -6.39. The number of nitrogens with zero attached hydrogens (tertiary/aromatic N) is 4. The van der Waals surface area contributed by atoms with Crippen molar-refractivity contribution in [1.82, 2.24) is 15.0 Å². The Kier molecular flexibility index (Phi) is 7.10. The number of nitriles is 1. The minimum atomic E-state index is -2.69. The molecular weight excluding hydrogens is 669 g/mol. The Morgan fingerprint density at radius 1 is 0.404 bits per heavy atom. The van der Waals surface area contributed by atoms with Gasteiger partial charge in [-0.15, -0.1) is 0 Å². The van der Waals surface area contributed by atoms with Crippen LogP contribution in [0.2, 0.25) is 0 Å². The summed E-state index contributed by atoms with van der Waals surface area (Å²) in [4.78, 5) is 18.1. The largest absolute Gasteiger partial charge is 0.208 e. The average Bonchev–Trinajstić information content (AvgIpc) is 3.51. The molecule has 3 heterocycles. The molecule has 0 radical (unpaired) electrons. The van der Waals surface area contributed by atoms with Gasteiger partial charge in [0.1, 0.15) is 0 Å². The number of hydrogen-bond donors (Lipinski definition) is 0. The molecule has 0 saturated heterocycles. The van der Waals surface area contributed by atoms with E-state index in [4.69, 9.17) is 15.0 Å². The molecular formula is C46H28N4SSi. The van der Waals surface area contributed by atoms with E-state index in [9.17, 15) is 5.26 Å². The van der Waals surface area contributed by atoms with Crippen molar-refractivity contribution in [2.45, 2.75) is 9.79 Å². The molecule has 0 saturated carbocycles. The molecule has 4 nitrogen and oxygen atoms in total. The molecule has 1 spiro atoms. The molecule has 6 heteroatoms. The molecule has 7 aromatic carbocycles. The van der Waals surface area contributed by atoms with Crippen molar-refractivity contribution < 1.29 is 0 Å². The summed E-state index contributed by atoms with van der Waals surface area (Å²) in [5, 5.41) is 15.0. The van der Waals surface area contributed by atoms with Gasteiger partial charge in [0.15, 0.2) is 25.5 Å². The van der Waals surface area contributed by atoms with Crippen LogP contribution in [0.5, 0.6) is 0 Å². The fourth-order valence-corrected chi connectivity index (χ4v) is 15.3. The van der Waals surface area contributed by atoms with Crippen molar-refractivity contribution in [2.75, 3.05) is 0 Å². The van der Waals surface area contributed by atoms with Crippen molar-refractivity contribution in [3.63, 3.8) is 0 Å². The minimum absolute atomic E-state index is 0.611. The Labute approximate surface area is 307 Å². The second-order valence-electron chi connectivity index (χ2n) is 13.1. The van der Waals surface area contributed by atoms with Crippen molar-refractivity contribution in [3.05, 3.63) is 175 Å². The lowest BCUT2D eigenvalue weighted by Gasteiger charge is -2.37. The quantitative estimate of drug-likeness (QED) is 0.174. The summed E-state index contributed by atoms with van der Waals surface area (Å²) in [7, 11) is -2.69. The third kappa shape index (κ3) is 4.71. The summed E-state index contributed by atoms with van der Waals surface area (Å²) in [6, 6.07) is 62.1. The maximum absolute atomic E-state index is 9.32. The molecule has 0 aliphatic carbocycles. The first-order valence-corrected chi connectivity index (χ1v) is 20.1. The van der Waals surface area contributed by atoms with Gasteiger partial charge in [-0.1, -0.05) is 151 Å². The van der Waals surface area contributed by atoms with Crippen molar-refractivity contribution >= 4 is 40.6 Å². The third-order valence-corrected chi connectivity index (χ3v) is 16.7. The second kappa shape index (κ2) is 12.1. The molecule has 52 heavy (non-hydrogen) atoms. The van der Waals surface area contributed by atoms with Crippen LogP contribution in [0.1, 0.15) is 5.56 Å². The lowest BCUT2D eigenvalue weighted by Crippen LogP contribution is -2.74. The minimum Gasteiger partial charge on any atom is -0.208 e. The summed E-state index contributed by atoms with van der Waals surface area (Å²) in [6.07, 6.45) is 0. The van der Waals surface area contributed by atoms with Gasteiger partial charge in [-0.2, -0.15) is 5.26 Å². The lowest BCUT2D eigenvalue weighted by molar-refractivity contribution is 1.07. The third-order valence-electron chi connectivity index (χ3n) is 10.2. The number of hydrogen-bond acceptors (Lipinski definition) is 5. The zero-order valence-electron chi connectivity index (χ0n) is 27.9. The first kappa shape index (κ1) is 30.4. The Balaban J connectivity index is 1.19. The van der Waals surface area contributed by atoms with Crippen LogP contribution in [-0.2, 0) is 0 Å². The summed E-state index contributed by atoms with van der Waals surface area (Å²) in [5.74, 6) is 1.88. The zero-order chi connectivity index (χ0) is 34.6. The van der Waals surface area contributed by atoms with Crippen LogP contribution in [-0.4, -0.2) is 23.0 Å². The Morgan fingerprint density at radius 3 is 1.62 bits per heavy atom. The van der Waals surface area contributed by atoms with E-state index in [0.717, 1.165) is 27.8 Å². The summed E-state index contributed by atoms with van der Waals surface area (Å²) in [5.41, 5.74) is 8.09. The van der Waals surface area contributed by atoms with Crippen molar-refractivity contribution in [1.29, 1.82) is 5.26 Å². The molecule has 0 unspecified atom stereocenters. The molecule has 8 aromatic rings. The molecule has 0 N–H and O–H groups in total.